The van der Waals surface area contributed by atoms with Crippen molar-refractivity contribution in [3.05, 3.63) is 48.0 Å². The second-order valence-corrected chi connectivity index (χ2v) is 4.90. The van der Waals surface area contributed by atoms with E-state index in [1.807, 2.05) is 56.3 Å². The van der Waals surface area contributed by atoms with Gasteiger partial charge >= 0.3 is 0 Å². The molecule has 0 aliphatic carbocycles. The fourth-order valence-electron chi connectivity index (χ4n) is 2.20. The maximum Gasteiger partial charge on any atom is 0.258 e. The van der Waals surface area contributed by atoms with Crippen LogP contribution in [0, 0.1) is 6.92 Å². The van der Waals surface area contributed by atoms with Gasteiger partial charge in [-0.1, -0.05) is 11.2 Å². The van der Waals surface area contributed by atoms with E-state index in [9.17, 15) is 0 Å². The minimum atomic E-state index is 0.466. The first-order chi connectivity index (χ1) is 10.7. The summed E-state index contributed by atoms with van der Waals surface area (Å²) in [5, 5.41) is 4.04. The summed E-state index contributed by atoms with van der Waals surface area (Å²) in [6.45, 7) is 4.53. The number of aromatic nitrogens is 2. The fourth-order valence-corrected chi connectivity index (χ4v) is 2.20. The number of ether oxygens (including phenoxy) is 1. The highest BCUT2D eigenvalue weighted by Gasteiger charge is 2.13. The molecule has 0 atom stereocenters. The number of rotatable bonds is 4. The Hall–Kier alpha value is -2.82. The average molecular weight is 295 g/mol. The molecule has 0 unspecified atom stereocenters. The molecule has 3 aromatic rings. The molecule has 2 N–H and O–H groups in total. The Bertz CT molecular complexity index is 779. The SMILES string of the molecule is CCOc1ccc(-c2noc(-c3cccc(N)c3C)n2)cc1. The highest BCUT2D eigenvalue weighted by molar-refractivity contribution is 5.68. The Morgan fingerprint density at radius 2 is 1.91 bits per heavy atom. The summed E-state index contributed by atoms with van der Waals surface area (Å²) in [7, 11) is 0. The van der Waals surface area contributed by atoms with Gasteiger partial charge in [-0.3, -0.25) is 0 Å². The van der Waals surface area contributed by atoms with Crippen molar-refractivity contribution in [3.8, 4) is 28.6 Å². The molecule has 0 saturated carbocycles. The van der Waals surface area contributed by atoms with Gasteiger partial charge in [-0.25, -0.2) is 0 Å². The Morgan fingerprint density at radius 1 is 1.14 bits per heavy atom. The van der Waals surface area contributed by atoms with Crippen LogP contribution in [0.15, 0.2) is 47.0 Å². The lowest BCUT2D eigenvalue weighted by atomic mass is 10.1. The van der Waals surface area contributed by atoms with E-state index in [2.05, 4.69) is 10.1 Å². The van der Waals surface area contributed by atoms with E-state index < -0.39 is 0 Å². The van der Waals surface area contributed by atoms with Gasteiger partial charge in [0.05, 0.1) is 6.61 Å². The van der Waals surface area contributed by atoms with Gasteiger partial charge in [0.25, 0.3) is 5.89 Å². The molecular formula is C17H17N3O2. The topological polar surface area (TPSA) is 74.2 Å². The third-order valence-corrected chi connectivity index (χ3v) is 3.46. The molecule has 1 heterocycles. The van der Waals surface area contributed by atoms with Gasteiger partial charge < -0.3 is 15.0 Å². The first kappa shape index (κ1) is 14.1. The quantitative estimate of drug-likeness (QED) is 0.743. The number of benzene rings is 2. The van der Waals surface area contributed by atoms with Crippen LogP contribution < -0.4 is 10.5 Å². The molecule has 0 spiro atoms. The molecule has 0 radical (unpaired) electrons. The molecular weight excluding hydrogens is 278 g/mol. The van der Waals surface area contributed by atoms with Gasteiger partial charge in [0.15, 0.2) is 0 Å². The molecule has 0 aliphatic heterocycles. The molecule has 0 aliphatic rings. The monoisotopic (exact) mass is 295 g/mol. The maximum atomic E-state index is 5.92. The van der Waals surface area contributed by atoms with Crippen LogP contribution in [0.5, 0.6) is 5.75 Å². The van der Waals surface area contributed by atoms with Gasteiger partial charge in [-0.2, -0.15) is 4.98 Å². The smallest absolute Gasteiger partial charge is 0.258 e. The minimum absolute atomic E-state index is 0.466. The number of nitrogens with zero attached hydrogens (tertiary/aromatic N) is 2. The maximum absolute atomic E-state index is 5.92. The van der Waals surface area contributed by atoms with E-state index in [1.54, 1.807) is 0 Å². The molecule has 0 bridgehead atoms. The summed E-state index contributed by atoms with van der Waals surface area (Å²) in [6.07, 6.45) is 0. The lowest BCUT2D eigenvalue weighted by Crippen LogP contribution is -1.92. The predicted octanol–water partition coefficient (Wildman–Crippen LogP) is 3.69. The summed E-state index contributed by atoms with van der Waals surface area (Å²) in [4.78, 5) is 4.45. The molecule has 0 fully saturated rings. The zero-order valence-electron chi connectivity index (χ0n) is 12.5. The molecule has 5 nitrogen and oxygen atoms in total. The fraction of sp³-hybridized carbons (Fsp3) is 0.176. The minimum Gasteiger partial charge on any atom is -0.494 e. The van der Waals surface area contributed by atoms with Gasteiger partial charge in [0.1, 0.15) is 5.75 Å². The zero-order valence-corrected chi connectivity index (χ0v) is 12.5. The van der Waals surface area contributed by atoms with Crippen LogP contribution in [0.4, 0.5) is 5.69 Å². The summed E-state index contributed by atoms with van der Waals surface area (Å²) in [6, 6.07) is 13.2. The lowest BCUT2D eigenvalue weighted by molar-refractivity contribution is 0.340. The van der Waals surface area contributed by atoms with E-state index in [1.165, 1.54) is 0 Å². The lowest BCUT2D eigenvalue weighted by Gasteiger charge is -2.03. The van der Waals surface area contributed by atoms with E-state index in [0.717, 1.165) is 22.4 Å². The van der Waals surface area contributed by atoms with Crippen LogP contribution in [0.2, 0.25) is 0 Å². The number of hydrogen-bond acceptors (Lipinski definition) is 5. The van der Waals surface area contributed by atoms with Crippen molar-refractivity contribution < 1.29 is 9.26 Å². The number of nitrogens with two attached hydrogens (primary N) is 1. The van der Waals surface area contributed by atoms with Gasteiger partial charge in [0.2, 0.25) is 5.82 Å². The molecule has 22 heavy (non-hydrogen) atoms. The third kappa shape index (κ3) is 2.65. The van der Waals surface area contributed by atoms with Crippen LogP contribution in [0.25, 0.3) is 22.8 Å². The predicted molar refractivity (Wildman–Crippen MR) is 85.5 cm³/mol. The van der Waals surface area contributed by atoms with Crippen molar-refractivity contribution in [3.63, 3.8) is 0 Å². The van der Waals surface area contributed by atoms with Crippen LogP contribution in [0.3, 0.4) is 0 Å². The van der Waals surface area contributed by atoms with Crippen LogP contribution in [0.1, 0.15) is 12.5 Å². The van der Waals surface area contributed by atoms with Crippen LogP contribution in [-0.2, 0) is 0 Å². The molecule has 112 valence electrons. The summed E-state index contributed by atoms with van der Waals surface area (Å²) >= 11 is 0. The Kier molecular flexibility index (Phi) is 3.78. The van der Waals surface area contributed by atoms with Gasteiger partial charge in [-0.05, 0) is 55.8 Å². The Labute approximate surface area is 128 Å². The largest absolute Gasteiger partial charge is 0.494 e. The zero-order chi connectivity index (χ0) is 15.5. The molecule has 5 heteroatoms. The van der Waals surface area contributed by atoms with Crippen molar-refractivity contribution in [1.29, 1.82) is 0 Å². The van der Waals surface area contributed by atoms with E-state index in [0.29, 0.717) is 24.0 Å². The van der Waals surface area contributed by atoms with Crippen LogP contribution in [-0.4, -0.2) is 16.7 Å². The van der Waals surface area contributed by atoms with E-state index in [-0.39, 0.29) is 0 Å². The normalized spacial score (nSPS) is 10.6. The number of anilines is 1. The standard InChI is InChI=1S/C17H17N3O2/c1-3-21-13-9-7-12(8-10-13)16-19-17(22-20-16)14-5-4-6-15(18)11(14)2/h4-10H,3,18H2,1-2H3. The number of hydrogen-bond donors (Lipinski definition) is 1. The van der Waals surface area contributed by atoms with Crippen molar-refractivity contribution in [2.45, 2.75) is 13.8 Å². The third-order valence-electron chi connectivity index (χ3n) is 3.46. The molecule has 3 rings (SSSR count). The highest BCUT2D eigenvalue weighted by atomic mass is 16.5. The van der Waals surface area contributed by atoms with Crippen molar-refractivity contribution >= 4 is 5.69 Å². The van der Waals surface area contributed by atoms with Gasteiger partial charge in [-0.15, -0.1) is 0 Å². The van der Waals surface area contributed by atoms with Crippen molar-refractivity contribution in [2.75, 3.05) is 12.3 Å². The highest BCUT2D eigenvalue weighted by Crippen LogP contribution is 2.28. The van der Waals surface area contributed by atoms with E-state index >= 15 is 0 Å². The first-order valence-corrected chi connectivity index (χ1v) is 7.11. The second kappa shape index (κ2) is 5.89. The Morgan fingerprint density at radius 3 is 2.64 bits per heavy atom. The Balaban J connectivity index is 1.92. The summed E-state index contributed by atoms with van der Waals surface area (Å²) in [5.41, 5.74) is 9.29. The summed E-state index contributed by atoms with van der Waals surface area (Å²) < 4.78 is 10.8. The molecule has 0 amide bonds. The molecule has 1 aromatic heterocycles. The van der Waals surface area contributed by atoms with Crippen LogP contribution >= 0.6 is 0 Å². The number of nitrogen functional groups attached to an aromatic ring is 1. The van der Waals surface area contributed by atoms with E-state index in [4.69, 9.17) is 15.0 Å². The molecule has 0 saturated heterocycles. The average Bonchev–Trinajstić information content (AvgIpc) is 3.01. The van der Waals surface area contributed by atoms with Crippen molar-refractivity contribution in [2.24, 2.45) is 0 Å². The second-order valence-electron chi connectivity index (χ2n) is 4.90. The van der Waals surface area contributed by atoms with Crippen molar-refractivity contribution in [1.82, 2.24) is 10.1 Å². The first-order valence-electron chi connectivity index (χ1n) is 7.11. The molecule has 2 aromatic carbocycles. The summed E-state index contributed by atoms with van der Waals surface area (Å²) in [5.74, 6) is 1.83. The van der Waals surface area contributed by atoms with Gasteiger partial charge in [0, 0.05) is 16.8 Å².